The Balaban J connectivity index is 1.31. The molecule has 4 nitrogen and oxygen atoms in total. The van der Waals surface area contributed by atoms with E-state index < -0.39 is 0 Å². The van der Waals surface area contributed by atoms with Crippen LogP contribution in [0.15, 0.2) is 41.3 Å². The molecule has 2 aromatic rings. The number of rotatable bonds is 5. The van der Waals surface area contributed by atoms with Crippen molar-refractivity contribution < 1.29 is 14.3 Å². The minimum atomic E-state index is 0.0276. The van der Waals surface area contributed by atoms with E-state index >= 15 is 0 Å². The number of thioether (sulfide) groups is 1. The van der Waals surface area contributed by atoms with Gasteiger partial charge in [-0.25, -0.2) is 0 Å². The first-order valence-electron chi connectivity index (χ1n) is 8.68. The minimum Gasteiger partial charge on any atom is -0.486 e. The highest BCUT2D eigenvalue weighted by atomic mass is 32.2. The first kappa shape index (κ1) is 16.3. The van der Waals surface area contributed by atoms with Crippen LogP contribution in [0, 0.1) is 0 Å². The van der Waals surface area contributed by atoms with Gasteiger partial charge < -0.3 is 14.8 Å². The molecular weight excluding hydrogens is 334 g/mol. The molecule has 0 bridgehead atoms. The summed E-state index contributed by atoms with van der Waals surface area (Å²) in [7, 11) is 0. The van der Waals surface area contributed by atoms with Crippen molar-refractivity contribution in [2.45, 2.75) is 30.7 Å². The monoisotopic (exact) mass is 355 g/mol. The van der Waals surface area contributed by atoms with E-state index in [1.54, 1.807) is 11.8 Å². The molecule has 0 aromatic heterocycles. The van der Waals surface area contributed by atoms with Gasteiger partial charge in [0.05, 0.1) is 5.75 Å². The van der Waals surface area contributed by atoms with E-state index in [0.717, 1.165) is 23.5 Å². The standard InChI is InChI=1S/C20H21NO3S/c22-19(13-25-17-8-7-14-3-1-4-15(14)11-17)21-12-16-5-2-6-18-20(16)24-10-9-23-18/h2,5-8,11H,1,3-4,9-10,12-13H2,(H,21,22). The van der Waals surface area contributed by atoms with E-state index in [2.05, 4.69) is 23.5 Å². The Kier molecular flexibility index (Phi) is 4.83. The van der Waals surface area contributed by atoms with Crippen molar-refractivity contribution in [2.24, 2.45) is 0 Å². The predicted octanol–water partition coefficient (Wildman–Crippen LogP) is 3.36. The summed E-state index contributed by atoms with van der Waals surface area (Å²) in [5.41, 5.74) is 3.86. The maximum atomic E-state index is 12.2. The van der Waals surface area contributed by atoms with Gasteiger partial charge in [0.25, 0.3) is 0 Å². The van der Waals surface area contributed by atoms with E-state index in [-0.39, 0.29) is 5.91 Å². The van der Waals surface area contributed by atoms with Crippen molar-refractivity contribution in [1.29, 1.82) is 0 Å². The van der Waals surface area contributed by atoms with E-state index in [4.69, 9.17) is 9.47 Å². The smallest absolute Gasteiger partial charge is 0.230 e. The van der Waals surface area contributed by atoms with Crippen LogP contribution in [0.4, 0.5) is 0 Å². The van der Waals surface area contributed by atoms with Crippen molar-refractivity contribution >= 4 is 17.7 Å². The number of carbonyl (C=O) groups is 1. The summed E-state index contributed by atoms with van der Waals surface area (Å²) in [5.74, 6) is 1.95. The van der Waals surface area contributed by atoms with Crippen LogP contribution < -0.4 is 14.8 Å². The number of para-hydroxylation sites is 1. The second-order valence-corrected chi connectivity index (χ2v) is 7.34. The molecule has 2 aliphatic rings. The third kappa shape index (κ3) is 3.76. The average Bonchev–Trinajstić information content (AvgIpc) is 3.12. The van der Waals surface area contributed by atoms with Gasteiger partial charge in [0.1, 0.15) is 13.2 Å². The number of benzene rings is 2. The Labute approximate surface area is 151 Å². The summed E-state index contributed by atoms with van der Waals surface area (Å²) in [6.45, 7) is 1.57. The Hall–Kier alpha value is -2.14. The van der Waals surface area contributed by atoms with Gasteiger partial charge in [0, 0.05) is 17.0 Å². The van der Waals surface area contributed by atoms with Crippen molar-refractivity contribution in [2.75, 3.05) is 19.0 Å². The Morgan fingerprint density at radius 2 is 1.96 bits per heavy atom. The zero-order valence-corrected chi connectivity index (χ0v) is 14.9. The van der Waals surface area contributed by atoms with Gasteiger partial charge >= 0.3 is 0 Å². The van der Waals surface area contributed by atoms with Crippen LogP contribution in [0.3, 0.4) is 0 Å². The molecule has 2 aromatic carbocycles. The van der Waals surface area contributed by atoms with Gasteiger partial charge in [0.15, 0.2) is 11.5 Å². The zero-order chi connectivity index (χ0) is 17.1. The number of ether oxygens (including phenoxy) is 2. The third-order valence-corrected chi connectivity index (χ3v) is 5.56. The SMILES string of the molecule is O=C(CSc1ccc2c(c1)CCC2)NCc1cccc2c1OCCO2. The van der Waals surface area contributed by atoms with E-state index in [1.165, 1.54) is 28.9 Å². The fraction of sp³-hybridized carbons (Fsp3) is 0.350. The number of hydrogen-bond acceptors (Lipinski definition) is 4. The molecule has 0 atom stereocenters. The largest absolute Gasteiger partial charge is 0.486 e. The number of fused-ring (bicyclic) bond motifs is 2. The lowest BCUT2D eigenvalue weighted by Gasteiger charge is -2.21. The van der Waals surface area contributed by atoms with Gasteiger partial charge in [-0.1, -0.05) is 18.2 Å². The Morgan fingerprint density at radius 3 is 2.92 bits per heavy atom. The second kappa shape index (κ2) is 7.40. The summed E-state index contributed by atoms with van der Waals surface area (Å²) >= 11 is 1.59. The van der Waals surface area contributed by atoms with Gasteiger partial charge in [-0.15, -0.1) is 11.8 Å². The predicted molar refractivity (Wildman–Crippen MR) is 98.5 cm³/mol. The van der Waals surface area contributed by atoms with Gasteiger partial charge in [-0.3, -0.25) is 4.79 Å². The first-order valence-corrected chi connectivity index (χ1v) is 9.67. The van der Waals surface area contributed by atoms with Gasteiger partial charge in [-0.05, 0) is 48.6 Å². The minimum absolute atomic E-state index is 0.0276. The molecule has 0 spiro atoms. The molecule has 5 heteroatoms. The van der Waals surface area contributed by atoms with E-state index in [1.807, 2.05) is 18.2 Å². The molecule has 0 radical (unpaired) electrons. The normalized spacial score (nSPS) is 14.9. The lowest BCUT2D eigenvalue weighted by Crippen LogP contribution is -2.25. The molecule has 130 valence electrons. The van der Waals surface area contributed by atoms with Crippen LogP contribution in [0.25, 0.3) is 0 Å². The summed E-state index contributed by atoms with van der Waals surface area (Å²) < 4.78 is 11.2. The Morgan fingerprint density at radius 1 is 1.08 bits per heavy atom. The second-order valence-electron chi connectivity index (χ2n) is 6.29. The maximum absolute atomic E-state index is 12.2. The van der Waals surface area contributed by atoms with Crippen LogP contribution in [-0.2, 0) is 24.2 Å². The highest BCUT2D eigenvalue weighted by Crippen LogP contribution is 2.33. The van der Waals surface area contributed by atoms with Crippen molar-refractivity contribution in [3.05, 3.63) is 53.1 Å². The number of hydrogen-bond donors (Lipinski definition) is 1. The summed E-state index contributed by atoms with van der Waals surface area (Å²) in [6, 6.07) is 12.3. The number of nitrogens with one attached hydrogen (secondary N) is 1. The molecule has 0 saturated carbocycles. The van der Waals surface area contributed by atoms with E-state index in [0.29, 0.717) is 25.5 Å². The van der Waals surface area contributed by atoms with Crippen LogP contribution in [0.1, 0.15) is 23.1 Å². The lowest BCUT2D eigenvalue weighted by molar-refractivity contribution is -0.118. The van der Waals surface area contributed by atoms with E-state index in [9.17, 15) is 4.79 Å². The fourth-order valence-corrected chi connectivity index (χ4v) is 4.09. The molecule has 0 unspecified atom stereocenters. The average molecular weight is 355 g/mol. The van der Waals surface area contributed by atoms with Crippen molar-refractivity contribution in [3.63, 3.8) is 0 Å². The highest BCUT2D eigenvalue weighted by molar-refractivity contribution is 8.00. The quantitative estimate of drug-likeness (QED) is 0.836. The molecule has 0 saturated heterocycles. The molecule has 1 aliphatic carbocycles. The van der Waals surface area contributed by atoms with Crippen molar-refractivity contribution in [3.8, 4) is 11.5 Å². The van der Waals surface area contributed by atoms with Gasteiger partial charge in [0.2, 0.25) is 5.91 Å². The number of carbonyl (C=O) groups excluding carboxylic acids is 1. The lowest BCUT2D eigenvalue weighted by atomic mass is 10.1. The molecule has 1 heterocycles. The Bertz CT molecular complexity index is 791. The number of amides is 1. The molecule has 0 fully saturated rings. The van der Waals surface area contributed by atoms with Crippen LogP contribution in [0.5, 0.6) is 11.5 Å². The van der Waals surface area contributed by atoms with Crippen molar-refractivity contribution in [1.82, 2.24) is 5.32 Å². The zero-order valence-electron chi connectivity index (χ0n) is 14.0. The summed E-state index contributed by atoms with van der Waals surface area (Å²) in [4.78, 5) is 13.4. The van der Waals surface area contributed by atoms with Crippen LogP contribution in [-0.4, -0.2) is 24.9 Å². The van der Waals surface area contributed by atoms with Gasteiger partial charge in [-0.2, -0.15) is 0 Å². The number of aryl methyl sites for hydroxylation is 2. The molecule has 1 aliphatic heterocycles. The third-order valence-electron chi connectivity index (χ3n) is 4.56. The molecule has 25 heavy (non-hydrogen) atoms. The summed E-state index contributed by atoms with van der Waals surface area (Å²) in [6.07, 6.45) is 3.60. The molecule has 1 N–H and O–H groups in total. The highest BCUT2D eigenvalue weighted by Gasteiger charge is 2.16. The summed E-state index contributed by atoms with van der Waals surface area (Å²) in [5, 5.41) is 2.98. The molecular formula is C20H21NO3S. The first-order chi connectivity index (χ1) is 12.3. The van der Waals surface area contributed by atoms with Crippen LogP contribution in [0.2, 0.25) is 0 Å². The fourth-order valence-electron chi connectivity index (χ4n) is 3.31. The maximum Gasteiger partial charge on any atom is 0.230 e. The molecule has 1 amide bonds. The van der Waals surface area contributed by atoms with Crippen LogP contribution >= 0.6 is 11.8 Å². The molecule has 4 rings (SSSR count). The topological polar surface area (TPSA) is 47.6 Å².